The topological polar surface area (TPSA) is 46.2 Å². The van der Waals surface area contributed by atoms with E-state index in [2.05, 4.69) is 26.0 Å². The van der Waals surface area contributed by atoms with Gasteiger partial charge < -0.3 is 23.7 Å². The molecule has 0 saturated carbocycles. The smallest absolute Gasteiger partial charge is 0.231 e. The summed E-state index contributed by atoms with van der Waals surface area (Å²) in [6, 6.07) is 4.19. The first-order valence-corrected chi connectivity index (χ1v) is 10.5. The van der Waals surface area contributed by atoms with Crippen molar-refractivity contribution >= 4 is 0 Å². The number of unbranched alkanes of at least 4 members (excludes halogenated alkanes) is 4. The maximum atomic E-state index is 5.83. The highest BCUT2D eigenvalue weighted by Gasteiger charge is 2.17. The van der Waals surface area contributed by atoms with Crippen LogP contribution in [0.4, 0.5) is 0 Å². The Morgan fingerprint density at radius 3 is 2.04 bits per heavy atom. The molecule has 0 amide bonds. The molecular formula is C22H36O5. The zero-order chi connectivity index (χ0) is 19.2. The van der Waals surface area contributed by atoms with Crippen LogP contribution in [0, 0.1) is 0 Å². The van der Waals surface area contributed by atoms with Crippen LogP contribution in [0.25, 0.3) is 0 Å². The van der Waals surface area contributed by atoms with Crippen LogP contribution in [0.5, 0.6) is 11.5 Å². The number of hydrogen-bond donors (Lipinski definition) is 0. The summed E-state index contributed by atoms with van der Waals surface area (Å²) in [5.41, 5.74) is 2.50. The minimum Gasteiger partial charge on any atom is -0.454 e. The first kappa shape index (κ1) is 22.0. The van der Waals surface area contributed by atoms with E-state index >= 15 is 0 Å². The molecule has 1 aromatic carbocycles. The van der Waals surface area contributed by atoms with Gasteiger partial charge in [0.25, 0.3) is 0 Å². The molecule has 0 fully saturated rings. The summed E-state index contributed by atoms with van der Waals surface area (Å²) < 4.78 is 27.9. The molecule has 0 spiro atoms. The lowest BCUT2D eigenvalue weighted by molar-refractivity contribution is 0.0101. The summed E-state index contributed by atoms with van der Waals surface area (Å²) in [4.78, 5) is 0. The SMILES string of the molecule is CCCCCCc1cc2c(cc1COCCOCCOCCCC)OCO2. The molecule has 0 unspecified atom stereocenters. The first-order chi connectivity index (χ1) is 13.3. The van der Waals surface area contributed by atoms with Crippen molar-refractivity contribution in [1.29, 1.82) is 0 Å². The molecule has 0 bridgehead atoms. The Morgan fingerprint density at radius 2 is 1.33 bits per heavy atom. The molecular weight excluding hydrogens is 344 g/mol. The van der Waals surface area contributed by atoms with E-state index in [4.69, 9.17) is 23.7 Å². The van der Waals surface area contributed by atoms with Gasteiger partial charge in [-0.15, -0.1) is 0 Å². The van der Waals surface area contributed by atoms with Gasteiger partial charge in [0.15, 0.2) is 11.5 Å². The fraction of sp³-hybridized carbons (Fsp3) is 0.727. The summed E-state index contributed by atoms with van der Waals surface area (Å²) in [6.45, 7) is 8.56. The minimum absolute atomic E-state index is 0.309. The average Bonchev–Trinajstić information content (AvgIpc) is 3.13. The molecule has 1 heterocycles. The predicted octanol–water partition coefficient (Wildman–Crippen LogP) is 4.89. The summed E-state index contributed by atoms with van der Waals surface area (Å²) in [5, 5.41) is 0. The highest BCUT2D eigenvalue weighted by atomic mass is 16.7. The van der Waals surface area contributed by atoms with Crippen LogP contribution in [0.3, 0.4) is 0 Å². The highest BCUT2D eigenvalue weighted by molar-refractivity contribution is 5.48. The van der Waals surface area contributed by atoms with E-state index < -0.39 is 0 Å². The second kappa shape index (κ2) is 13.8. The zero-order valence-electron chi connectivity index (χ0n) is 17.1. The number of benzene rings is 1. The van der Waals surface area contributed by atoms with E-state index in [1.807, 2.05) is 0 Å². The molecule has 1 aliphatic heterocycles. The standard InChI is InChI=1S/C22H36O5/c1-3-5-7-8-9-19-15-21-22(27-18-26-21)16-20(19)17-25-14-13-24-12-11-23-10-6-4-2/h15-16H,3-14,17-18H2,1-2H3. The Morgan fingerprint density at radius 1 is 0.704 bits per heavy atom. The Balaban J connectivity index is 1.68. The largest absolute Gasteiger partial charge is 0.454 e. The summed E-state index contributed by atoms with van der Waals surface area (Å²) in [7, 11) is 0. The molecule has 1 aliphatic rings. The molecule has 0 saturated heterocycles. The molecule has 0 atom stereocenters. The van der Waals surface area contributed by atoms with E-state index in [0.717, 1.165) is 37.4 Å². The van der Waals surface area contributed by atoms with Crippen molar-refractivity contribution in [3.63, 3.8) is 0 Å². The van der Waals surface area contributed by atoms with Crippen molar-refractivity contribution in [1.82, 2.24) is 0 Å². The normalized spacial score (nSPS) is 12.7. The third-order valence-corrected chi connectivity index (χ3v) is 4.64. The van der Waals surface area contributed by atoms with Gasteiger partial charge in [-0.25, -0.2) is 0 Å². The third-order valence-electron chi connectivity index (χ3n) is 4.64. The van der Waals surface area contributed by atoms with Crippen LogP contribution in [0.15, 0.2) is 12.1 Å². The molecule has 0 N–H and O–H groups in total. The first-order valence-electron chi connectivity index (χ1n) is 10.5. The summed E-state index contributed by atoms with van der Waals surface area (Å²) in [6.07, 6.45) is 8.33. The van der Waals surface area contributed by atoms with Crippen LogP contribution in [-0.4, -0.2) is 39.8 Å². The van der Waals surface area contributed by atoms with Gasteiger partial charge in [0.2, 0.25) is 6.79 Å². The van der Waals surface area contributed by atoms with Gasteiger partial charge in [0.1, 0.15) is 0 Å². The van der Waals surface area contributed by atoms with Gasteiger partial charge in [-0.1, -0.05) is 39.5 Å². The van der Waals surface area contributed by atoms with Crippen molar-refractivity contribution in [3.8, 4) is 11.5 Å². The molecule has 5 heteroatoms. The molecule has 27 heavy (non-hydrogen) atoms. The van der Waals surface area contributed by atoms with Gasteiger partial charge in [-0.2, -0.15) is 0 Å². The molecule has 0 aromatic heterocycles. The zero-order valence-corrected chi connectivity index (χ0v) is 17.1. The summed E-state index contributed by atoms with van der Waals surface area (Å²) >= 11 is 0. The number of fused-ring (bicyclic) bond motifs is 1. The third kappa shape index (κ3) is 8.50. The predicted molar refractivity (Wildman–Crippen MR) is 107 cm³/mol. The van der Waals surface area contributed by atoms with Crippen LogP contribution in [0.1, 0.15) is 63.5 Å². The van der Waals surface area contributed by atoms with Crippen molar-refractivity contribution < 1.29 is 23.7 Å². The van der Waals surface area contributed by atoms with Crippen molar-refractivity contribution in [2.24, 2.45) is 0 Å². The number of hydrogen-bond acceptors (Lipinski definition) is 5. The van der Waals surface area contributed by atoms with E-state index in [0.29, 0.717) is 39.8 Å². The van der Waals surface area contributed by atoms with Crippen molar-refractivity contribution in [3.05, 3.63) is 23.3 Å². The molecule has 1 aromatic rings. The van der Waals surface area contributed by atoms with Gasteiger partial charge >= 0.3 is 0 Å². The van der Waals surface area contributed by atoms with E-state index in [1.54, 1.807) is 0 Å². The van der Waals surface area contributed by atoms with Crippen molar-refractivity contribution in [2.75, 3.05) is 39.8 Å². The second-order valence-corrected chi connectivity index (χ2v) is 6.92. The van der Waals surface area contributed by atoms with Crippen LogP contribution in [0.2, 0.25) is 0 Å². The van der Waals surface area contributed by atoms with Gasteiger partial charge in [-0.05, 0) is 42.5 Å². The van der Waals surface area contributed by atoms with Crippen LogP contribution >= 0.6 is 0 Å². The molecule has 0 aliphatic carbocycles. The minimum atomic E-state index is 0.309. The Bertz CT molecular complexity index is 518. The summed E-state index contributed by atoms with van der Waals surface area (Å²) in [5.74, 6) is 1.68. The maximum absolute atomic E-state index is 5.83. The maximum Gasteiger partial charge on any atom is 0.231 e. The van der Waals surface area contributed by atoms with Crippen LogP contribution in [-0.2, 0) is 27.2 Å². The molecule has 5 nitrogen and oxygen atoms in total. The average molecular weight is 381 g/mol. The van der Waals surface area contributed by atoms with Gasteiger partial charge in [0, 0.05) is 6.61 Å². The Hall–Kier alpha value is -1.30. The number of rotatable bonds is 16. The lowest BCUT2D eigenvalue weighted by atomic mass is 10.0. The lowest BCUT2D eigenvalue weighted by Crippen LogP contribution is -2.10. The Kier molecular flexibility index (Phi) is 11.2. The van der Waals surface area contributed by atoms with Crippen LogP contribution < -0.4 is 9.47 Å². The second-order valence-electron chi connectivity index (χ2n) is 6.92. The quantitative estimate of drug-likeness (QED) is 0.382. The molecule has 0 radical (unpaired) electrons. The molecule has 2 rings (SSSR count). The lowest BCUT2D eigenvalue weighted by Gasteiger charge is -2.12. The van der Waals surface area contributed by atoms with E-state index in [1.165, 1.54) is 36.8 Å². The molecule has 154 valence electrons. The number of aryl methyl sites for hydroxylation is 1. The fourth-order valence-corrected chi connectivity index (χ4v) is 3.00. The monoisotopic (exact) mass is 380 g/mol. The van der Waals surface area contributed by atoms with Gasteiger partial charge in [-0.3, -0.25) is 0 Å². The highest BCUT2D eigenvalue weighted by Crippen LogP contribution is 2.35. The van der Waals surface area contributed by atoms with E-state index in [-0.39, 0.29) is 0 Å². The Labute approximate surface area is 164 Å². The van der Waals surface area contributed by atoms with E-state index in [9.17, 15) is 0 Å². The fourth-order valence-electron chi connectivity index (χ4n) is 3.00. The number of ether oxygens (including phenoxy) is 5. The van der Waals surface area contributed by atoms with Crippen molar-refractivity contribution in [2.45, 2.75) is 65.4 Å². The van der Waals surface area contributed by atoms with Gasteiger partial charge in [0.05, 0.1) is 33.0 Å².